The zero-order chi connectivity index (χ0) is 11.4. The van der Waals surface area contributed by atoms with Crippen LogP contribution in [0.15, 0.2) is 11.6 Å². The van der Waals surface area contributed by atoms with Gasteiger partial charge in [0.2, 0.25) is 0 Å². The molecule has 0 radical (unpaired) electrons. The Labute approximate surface area is 89.2 Å². The Morgan fingerprint density at radius 2 is 2.07 bits per heavy atom. The van der Waals surface area contributed by atoms with Crippen LogP contribution in [0, 0.1) is 16.7 Å². The van der Waals surface area contributed by atoms with Crippen molar-refractivity contribution in [1.29, 1.82) is 0 Å². The molecule has 0 aromatic rings. The highest BCUT2D eigenvalue weighted by atomic mass is 16.4. The number of carboxylic acid groups (broad SMARTS) is 1. The van der Waals surface area contributed by atoms with Gasteiger partial charge in [-0.3, -0.25) is 4.79 Å². The third-order valence-corrected chi connectivity index (χ3v) is 4.64. The minimum atomic E-state index is -1.01. The van der Waals surface area contributed by atoms with Gasteiger partial charge in [-0.05, 0) is 24.2 Å². The summed E-state index contributed by atoms with van der Waals surface area (Å²) in [6.07, 6.45) is 2.94. The van der Waals surface area contributed by atoms with Crippen molar-refractivity contribution in [3.63, 3.8) is 0 Å². The fourth-order valence-electron chi connectivity index (χ4n) is 3.23. The molecular formula is C12H16O3. The molecule has 2 rings (SSSR count). The van der Waals surface area contributed by atoms with Crippen molar-refractivity contribution >= 4 is 11.8 Å². The van der Waals surface area contributed by atoms with E-state index in [2.05, 4.69) is 13.8 Å². The summed E-state index contributed by atoms with van der Waals surface area (Å²) in [5.74, 6) is -0.831. The molecule has 0 aliphatic heterocycles. The van der Waals surface area contributed by atoms with Gasteiger partial charge in [-0.25, -0.2) is 4.79 Å². The number of carboxylic acids is 1. The van der Waals surface area contributed by atoms with Crippen LogP contribution < -0.4 is 0 Å². The second-order valence-corrected chi connectivity index (χ2v) is 5.41. The van der Waals surface area contributed by atoms with E-state index in [1.807, 2.05) is 6.92 Å². The summed E-state index contributed by atoms with van der Waals surface area (Å²) in [5, 5.41) is 8.75. The quantitative estimate of drug-likeness (QED) is 0.671. The molecule has 0 aromatic carbocycles. The van der Waals surface area contributed by atoms with Gasteiger partial charge in [0.15, 0.2) is 5.78 Å². The van der Waals surface area contributed by atoms with Crippen LogP contribution >= 0.6 is 0 Å². The van der Waals surface area contributed by atoms with Gasteiger partial charge in [-0.1, -0.05) is 20.8 Å². The maximum absolute atomic E-state index is 12.1. The molecule has 82 valence electrons. The predicted octanol–water partition coefficient (Wildman–Crippen LogP) is 2.02. The second kappa shape index (κ2) is 2.71. The van der Waals surface area contributed by atoms with E-state index in [9.17, 15) is 9.59 Å². The zero-order valence-electron chi connectivity index (χ0n) is 9.33. The molecule has 0 saturated heterocycles. The number of Topliss-reactive ketones (excluding diaryl/α,β-unsaturated/α-hetero) is 1. The Kier molecular flexibility index (Phi) is 1.88. The Morgan fingerprint density at radius 1 is 1.47 bits per heavy atom. The fourth-order valence-corrected chi connectivity index (χ4v) is 3.23. The highest BCUT2D eigenvalue weighted by Crippen LogP contribution is 2.65. The van der Waals surface area contributed by atoms with Gasteiger partial charge in [-0.15, -0.1) is 0 Å². The molecule has 0 unspecified atom stereocenters. The van der Waals surface area contributed by atoms with Crippen molar-refractivity contribution < 1.29 is 14.7 Å². The molecule has 2 aliphatic rings. The molecule has 2 fully saturated rings. The summed E-state index contributed by atoms with van der Waals surface area (Å²) in [6.45, 7) is 6.12. The molecular weight excluding hydrogens is 192 g/mol. The number of carbonyl (C=O) groups is 2. The summed E-state index contributed by atoms with van der Waals surface area (Å²) in [4.78, 5) is 22.8. The third kappa shape index (κ3) is 1.06. The predicted molar refractivity (Wildman–Crippen MR) is 55.3 cm³/mol. The maximum atomic E-state index is 12.1. The number of hydrogen-bond donors (Lipinski definition) is 1. The van der Waals surface area contributed by atoms with Crippen LogP contribution in [0.3, 0.4) is 0 Å². The summed E-state index contributed by atoms with van der Waals surface area (Å²) in [7, 11) is 0. The monoisotopic (exact) mass is 208 g/mol. The van der Waals surface area contributed by atoms with Crippen LogP contribution in [0.5, 0.6) is 0 Å². The van der Waals surface area contributed by atoms with E-state index < -0.39 is 5.97 Å². The number of rotatable bonds is 1. The normalized spacial score (nSPS) is 40.1. The van der Waals surface area contributed by atoms with E-state index in [0.717, 1.165) is 18.9 Å². The highest BCUT2D eigenvalue weighted by Gasteiger charge is 2.64. The molecule has 2 bridgehead atoms. The number of aliphatic carboxylic acids is 1. The molecule has 0 heterocycles. The summed E-state index contributed by atoms with van der Waals surface area (Å²) >= 11 is 0. The minimum Gasteiger partial charge on any atom is -0.478 e. The molecule has 2 saturated carbocycles. The smallest absolute Gasteiger partial charge is 0.328 e. The number of hydrogen-bond acceptors (Lipinski definition) is 2. The largest absolute Gasteiger partial charge is 0.478 e. The Bertz CT molecular complexity index is 378. The molecule has 15 heavy (non-hydrogen) atoms. The Balaban J connectivity index is 2.52. The van der Waals surface area contributed by atoms with Crippen molar-refractivity contribution in [3.05, 3.63) is 11.6 Å². The van der Waals surface area contributed by atoms with Crippen LogP contribution in [0.2, 0.25) is 0 Å². The molecule has 2 atom stereocenters. The van der Waals surface area contributed by atoms with Crippen molar-refractivity contribution in [1.82, 2.24) is 0 Å². The van der Waals surface area contributed by atoms with Crippen LogP contribution in [-0.2, 0) is 9.59 Å². The van der Waals surface area contributed by atoms with E-state index in [0.29, 0.717) is 5.57 Å². The van der Waals surface area contributed by atoms with Gasteiger partial charge < -0.3 is 5.11 Å². The van der Waals surface area contributed by atoms with E-state index >= 15 is 0 Å². The van der Waals surface area contributed by atoms with Crippen molar-refractivity contribution in [2.45, 2.75) is 33.6 Å². The molecule has 0 spiro atoms. The first-order valence-corrected chi connectivity index (χ1v) is 5.30. The van der Waals surface area contributed by atoms with Gasteiger partial charge in [0.05, 0.1) is 0 Å². The third-order valence-electron chi connectivity index (χ3n) is 4.64. The van der Waals surface area contributed by atoms with Gasteiger partial charge in [-0.2, -0.15) is 0 Å². The fraction of sp³-hybridized carbons (Fsp3) is 0.667. The summed E-state index contributed by atoms with van der Waals surface area (Å²) in [6, 6.07) is 0. The average Bonchev–Trinajstić information content (AvgIpc) is 2.40. The van der Waals surface area contributed by atoms with E-state index in [-0.39, 0.29) is 22.5 Å². The zero-order valence-corrected chi connectivity index (χ0v) is 9.33. The van der Waals surface area contributed by atoms with E-state index in [1.54, 1.807) is 0 Å². The molecule has 3 heteroatoms. The lowest BCUT2D eigenvalue weighted by Gasteiger charge is -2.31. The molecule has 0 amide bonds. The first-order chi connectivity index (χ1) is 6.80. The molecule has 0 aromatic heterocycles. The van der Waals surface area contributed by atoms with Crippen LogP contribution in [0.1, 0.15) is 33.6 Å². The topological polar surface area (TPSA) is 54.4 Å². The van der Waals surface area contributed by atoms with Crippen LogP contribution in [0.25, 0.3) is 0 Å². The van der Waals surface area contributed by atoms with Crippen molar-refractivity contribution in [2.24, 2.45) is 16.7 Å². The minimum absolute atomic E-state index is 0.0474. The van der Waals surface area contributed by atoms with Crippen molar-refractivity contribution in [2.75, 3.05) is 0 Å². The lowest BCUT2D eigenvalue weighted by molar-refractivity contribution is -0.132. The van der Waals surface area contributed by atoms with E-state index in [1.165, 1.54) is 0 Å². The lowest BCUT2D eigenvalue weighted by atomic mass is 9.70. The standard InChI is InChI=1S/C12H16O3/c1-11(2)8-4-5-12(11,3)10(15)7(8)6-9(13)14/h6,8H,4-5H2,1-3H3,(H,13,14)/b7-6-/t8-,12-/m1/s1. The van der Waals surface area contributed by atoms with Crippen molar-refractivity contribution in [3.8, 4) is 0 Å². The van der Waals surface area contributed by atoms with Crippen LogP contribution in [-0.4, -0.2) is 16.9 Å². The number of carbonyl (C=O) groups excluding carboxylic acids is 1. The van der Waals surface area contributed by atoms with Gasteiger partial charge in [0, 0.05) is 17.1 Å². The Morgan fingerprint density at radius 3 is 2.47 bits per heavy atom. The Hall–Kier alpha value is -1.12. The molecule has 1 N–H and O–H groups in total. The second-order valence-electron chi connectivity index (χ2n) is 5.41. The number of fused-ring (bicyclic) bond motifs is 2. The maximum Gasteiger partial charge on any atom is 0.328 e. The summed E-state index contributed by atoms with van der Waals surface area (Å²) in [5.41, 5.74) is 0.0888. The van der Waals surface area contributed by atoms with Gasteiger partial charge in [0.25, 0.3) is 0 Å². The molecule has 2 aliphatic carbocycles. The molecule has 3 nitrogen and oxygen atoms in total. The number of ketones is 1. The summed E-state index contributed by atoms with van der Waals surface area (Å²) < 4.78 is 0. The van der Waals surface area contributed by atoms with Crippen LogP contribution in [0.4, 0.5) is 0 Å². The highest BCUT2D eigenvalue weighted by molar-refractivity contribution is 6.07. The number of allylic oxidation sites excluding steroid dienone is 1. The average molecular weight is 208 g/mol. The van der Waals surface area contributed by atoms with Gasteiger partial charge in [0.1, 0.15) is 0 Å². The van der Waals surface area contributed by atoms with Gasteiger partial charge >= 0.3 is 5.97 Å². The lowest BCUT2D eigenvalue weighted by Crippen LogP contribution is -2.32. The first-order valence-electron chi connectivity index (χ1n) is 5.30. The SMILES string of the molecule is CC1(C)[C@@H]2CC[C@]1(C)C(=O)/C2=C\C(=O)O. The first kappa shape index (κ1) is 10.4. The van der Waals surface area contributed by atoms with E-state index in [4.69, 9.17) is 5.11 Å².